The number of hydrogen-bond acceptors (Lipinski definition) is 4. The number of fused-ring (bicyclic) bond motifs is 4. The van der Waals surface area contributed by atoms with E-state index in [1.807, 2.05) is 12.1 Å². The first-order valence-corrected chi connectivity index (χ1v) is 12.5. The molecule has 0 aliphatic carbocycles. The minimum Gasteiger partial charge on any atom is -0.497 e. The van der Waals surface area contributed by atoms with Crippen LogP contribution in [-0.2, 0) is 6.54 Å². The summed E-state index contributed by atoms with van der Waals surface area (Å²) in [4.78, 5) is 2.76. The van der Waals surface area contributed by atoms with Crippen LogP contribution in [0.1, 0.15) is 41.9 Å². The van der Waals surface area contributed by atoms with Crippen LogP contribution in [0.2, 0.25) is 0 Å². The fourth-order valence-corrected chi connectivity index (χ4v) is 6.06. The van der Waals surface area contributed by atoms with E-state index in [-0.39, 0.29) is 0 Å². The highest BCUT2D eigenvalue weighted by Gasteiger charge is 2.42. The number of nitrogens with zero attached hydrogens (tertiary/aromatic N) is 1. The Kier molecular flexibility index (Phi) is 7.17. The average Bonchev–Trinajstić information content (AvgIpc) is 3.18. The van der Waals surface area contributed by atoms with Crippen molar-refractivity contribution in [1.82, 2.24) is 10.2 Å². The van der Waals surface area contributed by atoms with Crippen LogP contribution >= 0.6 is 0 Å². The molecule has 4 heteroatoms. The molecule has 4 nitrogen and oxygen atoms in total. The maximum absolute atomic E-state index is 5.67. The van der Waals surface area contributed by atoms with Crippen molar-refractivity contribution in [3.05, 3.63) is 95.6 Å². The Bertz CT molecular complexity index is 1010. The fourth-order valence-electron chi connectivity index (χ4n) is 6.06. The van der Waals surface area contributed by atoms with Crippen molar-refractivity contribution < 1.29 is 9.47 Å². The van der Waals surface area contributed by atoms with Gasteiger partial charge in [0, 0.05) is 30.1 Å². The number of hydrogen-bond donors (Lipinski definition) is 1. The van der Waals surface area contributed by atoms with E-state index >= 15 is 0 Å². The summed E-state index contributed by atoms with van der Waals surface area (Å²) in [5, 5.41) is 4.00. The molecule has 3 aliphatic rings. The van der Waals surface area contributed by atoms with E-state index in [2.05, 4.69) is 76.9 Å². The lowest BCUT2D eigenvalue weighted by Gasteiger charge is -2.41. The van der Waals surface area contributed by atoms with E-state index in [9.17, 15) is 0 Å². The summed E-state index contributed by atoms with van der Waals surface area (Å²) in [6.45, 7) is 3.14. The van der Waals surface area contributed by atoms with Crippen LogP contribution < -0.4 is 14.8 Å². The molecular formula is C30H36N2O2. The Hall–Kier alpha value is -2.82. The van der Waals surface area contributed by atoms with Crippen molar-refractivity contribution in [2.75, 3.05) is 27.3 Å². The smallest absolute Gasteiger partial charge is 0.123 e. The van der Waals surface area contributed by atoms with Crippen molar-refractivity contribution in [3.63, 3.8) is 0 Å². The highest BCUT2D eigenvalue weighted by molar-refractivity contribution is 5.40. The quantitative estimate of drug-likeness (QED) is 0.487. The number of ether oxygens (including phenoxy) is 2. The summed E-state index contributed by atoms with van der Waals surface area (Å²) in [5.41, 5.74) is 3.94. The molecule has 1 N–H and O–H groups in total. The van der Waals surface area contributed by atoms with Crippen molar-refractivity contribution >= 4 is 0 Å². The van der Waals surface area contributed by atoms with Crippen LogP contribution in [0.4, 0.5) is 0 Å². The van der Waals surface area contributed by atoms with Gasteiger partial charge in [-0.15, -0.1) is 0 Å². The molecule has 2 atom stereocenters. The molecule has 0 radical (unpaired) electrons. The van der Waals surface area contributed by atoms with Crippen molar-refractivity contribution in [2.45, 2.75) is 43.8 Å². The molecule has 0 spiro atoms. The number of methoxy groups -OCH3 is 2. The summed E-state index contributed by atoms with van der Waals surface area (Å²) in [7, 11) is 3.46. The molecule has 2 bridgehead atoms. The zero-order chi connectivity index (χ0) is 23.3. The van der Waals surface area contributed by atoms with E-state index in [4.69, 9.17) is 9.47 Å². The van der Waals surface area contributed by atoms with Gasteiger partial charge in [0.2, 0.25) is 0 Å². The molecule has 3 fully saturated rings. The lowest BCUT2D eigenvalue weighted by atomic mass is 9.80. The average molecular weight is 457 g/mol. The molecule has 3 aromatic carbocycles. The highest BCUT2D eigenvalue weighted by atomic mass is 16.5. The number of rotatable bonds is 8. The van der Waals surface area contributed by atoms with Gasteiger partial charge in [-0.3, -0.25) is 4.90 Å². The molecule has 3 aromatic rings. The van der Waals surface area contributed by atoms with Gasteiger partial charge in [-0.25, -0.2) is 0 Å². The Morgan fingerprint density at radius 1 is 0.853 bits per heavy atom. The molecule has 0 amide bonds. The van der Waals surface area contributed by atoms with Crippen LogP contribution in [0.15, 0.2) is 78.9 Å². The Balaban J connectivity index is 1.50. The maximum atomic E-state index is 5.67. The molecule has 178 valence electrons. The first kappa shape index (κ1) is 22.9. The van der Waals surface area contributed by atoms with Crippen molar-refractivity contribution in [2.24, 2.45) is 5.92 Å². The second-order valence-corrected chi connectivity index (χ2v) is 9.67. The van der Waals surface area contributed by atoms with Gasteiger partial charge in [-0.05, 0) is 67.6 Å². The number of nitrogens with one attached hydrogen (secondary N) is 1. The predicted octanol–water partition coefficient (Wildman–Crippen LogP) is 5.48. The van der Waals surface area contributed by atoms with Gasteiger partial charge in [-0.1, -0.05) is 60.7 Å². The predicted molar refractivity (Wildman–Crippen MR) is 138 cm³/mol. The minimum atomic E-state index is 0.323. The van der Waals surface area contributed by atoms with E-state index in [1.54, 1.807) is 14.2 Å². The van der Waals surface area contributed by atoms with Crippen LogP contribution in [0.25, 0.3) is 0 Å². The SMILES string of the molecule is COc1ccc(OC)c(CNC2CC3CCN(CC3)C2C(c2ccccc2)c2ccccc2)c1. The lowest BCUT2D eigenvalue weighted by Crippen LogP contribution is -2.51. The van der Waals surface area contributed by atoms with Gasteiger partial charge >= 0.3 is 0 Å². The van der Waals surface area contributed by atoms with E-state index in [0.29, 0.717) is 18.0 Å². The third kappa shape index (κ3) is 4.84. The summed E-state index contributed by atoms with van der Waals surface area (Å²) >= 11 is 0. The summed E-state index contributed by atoms with van der Waals surface area (Å²) in [6, 6.07) is 29.0. The third-order valence-electron chi connectivity index (χ3n) is 7.77. The number of benzene rings is 3. The van der Waals surface area contributed by atoms with E-state index in [1.165, 1.54) is 43.5 Å². The molecule has 6 rings (SSSR count). The largest absolute Gasteiger partial charge is 0.497 e. The fraction of sp³-hybridized carbons (Fsp3) is 0.400. The van der Waals surface area contributed by atoms with Crippen LogP contribution in [0.5, 0.6) is 11.5 Å². The summed E-state index contributed by atoms with van der Waals surface area (Å²) in [5.74, 6) is 2.89. The highest BCUT2D eigenvalue weighted by Crippen LogP contribution is 2.40. The van der Waals surface area contributed by atoms with Gasteiger partial charge in [0.1, 0.15) is 11.5 Å². The molecule has 34 heavy (non-hydrogen) atoms. The third-order valence-corrected chi connectivity index (χ3v) is 7.77. The molecule has 3 aliphatic heterocycles. The molecule has 0 aromatic heterocycles. The Morgan fingerprint density at radius 3 is 2.09 bits per heavy atom. The standard InChI is InChI=1S/C30H36N2O2/c1-33-26-13-14-28(34-2)25(20-26)21-31-27-19-22-15-17-32(18-16-22)30(27)29(23-9-5-3-6-10-23)24-11-7-4-8-12-24/h3-14,20,22,27,29-31H,15-19,21H2,1-2H3. The lowest BCUT2D eigenvalue weighted by molar-refractivity contribution is 0.142. The summed E-state index contributed by atoms with van der Waals surface area (Å²) < 4.78 is 11.2. The van der Waals surface area contributed by atoms with E-state index < -0.39 is 0 Å². The zero-order valence-electron chi connectivity index (χ0n) is 20.3. The molecule has 0 saturated carbocycles. The van der Waals surface area contributed by atoms with Gasteiger partial charge in [0.25, 0.3) is 0 Å². The Labute approximate surface area is 203 Å². The number of piperidine rings is 1. The Morgan fingerprint density at radius 2 is 1.50 bits per heavy atom. The second kappa shape index (κ2) is 10.6. The monoisotopic (exact) mass is 456 g/mol. The van der Waals surface area contributed by atoms with Crippen LogP contribution in [0, 0.1) is 5.92 Å². The first-order chi connectivity index (χ1) is 16.8. The topological polar surface area (TPSA) is 33.7 Å². The molecule has 3 heterocycles. The second-order valence-electron chi connectivity index (χ2n) is 9.67. The van der Waals surface area contributed by atoms with Gasteiger partial charge in [0.15, 0.2) is 0 Å². The van der Waals surface area contributed by atoms with Gasteiger partial charge < -0.3 is 14.8 Å². The van der Waals surface area contributed by atoms with Crippen LogP contribution in [-0.4, -0.2) is 44.3 Å². The normalized spacial score (nSPS) is 24.1. The molecule has 3 saturated heterocycles. The minimum absolute atomic E-state index is 0.323. The molecule has 2 unspecified atom stereocenters. The van der Waals surface area contributed by atoms with Crippen LogP contribution in [0.3, 0.4) is 0 Å². The maximum Gasteiger partial charge on any atom is 0.123 e. The first-order valence-electron chi connectivity index (χ1n) is 12.5. The molecular weight excluding hydrogens is 420 g/mol. The van der Waals surface area contributed by atoms with Gasteiger partial charge in [-0.2, -0.15) is 0 Å². The van der Waals surface area contributed by atoms with Crippen molar-refractivity contribution in [3.8, 4) is 11.5 Å². The summed E-state index contributed by atoms with van der Waals surface area (Å²) in [6.07, 6.45) is 3.81. The zero-order valence-corrected chi connectivity index (χ0v) is 20.3. The van der Waals surface area contributed by atoms with Gasteiger partial charge in [0.05, 0.1) is 14.2 Å². The van der Waals surface area contributed by atoms with E-state index in [0.717, 1.165) is 29.5 Å². The van der Waals surface area contributed by atoms with Crippen molar-refractivity contribution in [1.29, 1.82) is 0 Å².